The van der Waals surface area contributed by atoms with Crippen LogP contribution >= 0.6 is 0 Å². The molecule has 0 amide bonds. The normalized spacial score (nSPS) is 53.6. The summed E-state index contributed by atoms with van der Waals surface area (Å²) in [5.41, 5.74) is 3.88. The Balaban J connectivity index is 1.98. The molecule has 2 N–H and O–H groups in total. The lowest BCUT2D eigenvalue weighted by atomic mass is 9.48. The number of nitrogens with two attached hydrogens (primary N) is 1. The standard InChI is InChI=1S/C11H16F3N/c12-11(13,14)10(15)8-2-6-1-7(4-8)5-9(10)3-6/h6-9H,1-5,15H2. The topological polar surface area (TPSA) is 26.0 Å². The highest BCUT2D eigenvalue weighted by Gasteiger charge is 2.66. The third kappa shape index (κ3) is 1.14. The van der Waals surface area contributed by atoms with Crippen LogP contribution in [0.3, 0.4) is 0 Å². The Morgan fingerprint density at radius 3 is 1.60 bits per heavy atom. The van der Waals surface area contributed by atoms with Crippen LogP contribution in [-0.4, -0.2) is 11.7 Å². The molecular formula is C11H16F3N. The van der Waals surface area contributed by atoms with Crippen LogP contribution in [0.2, 0.25) is 0 Å². The summed E-state index contributed by atoms with van der Waals surface area (Å²) in [5, 5.41) is 0. The molecule has 0 aromatic rings. The molecule has 0 saturated heterocycles. The van der Waals surface area contributed by atoms with Crippen molar-refractivity contribution >= 4 is 0 Å². The molecule has 4 rings (SSSR count). The first-order chi connectivity index (χ1) is 6.91. The maximum atomic E-state index is 13.1. The van der Waals surface area contributed by atoms with Crippen LogP contribution in [0.5, 0.6) is 0 Å². The lowest BCUT2D eigenvalue weighted by molar-refractivity contribution is -0.251. The number of rotatable bonds is 0. The average Bonchev–Trinajstić information content (AvgIpc) is 2.10. The molecule has 4 bridgehead atoms. The quantitative estimate of drug-likeness (QED) is 0.666. The molecule has 0 aliphatic heterocycles. The molecule has 0 atom stereocenters. The maximum absolute atomic E-state index is 13.1. The minimum Gasteiger partial charge on any atom is -0.317 e. The monoisotopic (exact) mass is 219 g/mol. The lowest BCUT2D eigenvalue weighted by Gasteiger charge is -2.59. The first-order valence-corrected chi connectivity index (χ1v) is 5.77. The first kappa shape index (κ1) is 9.94. The molecule has 0 aromatic heterocycles. The molecule has 0 radical (unpaired) electrons. The van der Waals surface area contributed by atoms with Gasteiger partial charge in [-0.15, -0.1) is 0 Å². The smallest absolute Gasteiger partial charge is 0.317 e. The summed E-state index contributed by atoms with van der Waals surface area (Å²) >= 11 is 0. The highest BCUT2D eigenvalue weighted by molar-refractivity contribution is 5.12. The predicted molar refractivity (Wildman–Crippen MR) is 50.0 cm³/mol. The largest absolute Gasteiger partial charge is 0.406 e. The summed E-state index contributed by atoms with van der Waals surface area (Å²) in [7, 11) is 0. The van der Waals surface area contributed by atoms with E-state index in [1.807, 2.05) is 0 Å². The van der Waals surface area contributed by atoms with E-state index in [1.165, 1.54) is 0 Å². The van der Waals surface area contributed by atoms with Gasteiger partial charge in [0, 0.05) is 0 Å². The van der Waals surface area contributed by atoms with Gasteiger partial charge in [-0.2, -0.15) is 13.2 Å². The Kier molecular flexibility index (Phi) is 1.79. The van der Waals surface area contributed by atoms with E-state index in [9.17, 15) is 13.2 Å². The second-order valence-corrected chi connectivity index (χ2v) is 5.74. The summed E-state index contributed by atoms with van der Waals surface area (Å²) in [6.07, 6.45) is -0.214. The van der Waals surface area contributed by atoms with Gasteiger partial charge in [-0.3, -0.25) is 0 Å². The fourth-order valence-electron chi connectivity index (χ4n) is 4.43. The van der Waals surface area contributed by atoms with Crippen molar-refractivity contribution in [2.75, 3.05) is 0 Å². The van der Waals surface area contributed by atoms with Gasteiger partial charge >= 0.3 is 6.18 Å². The van der Waals surface area contributed by atoms with E-state index in [0.717, 1.165) is 6.42 Å². The van der Waals surface area contributed by atoms with E-state index < -0.39 is 11.7 Å². The highest BCUT2D eigenvalue weighted by atomic mass is 19.4. The predicted octanol–water partition coefficient (Wildman–Crippen LogP) is 2.70. The van der Waals surface area contributed by atoms with E-state index >= 15 is 0 Å². The van der Waals surface area contributed by atoms with Crippen LogP contribution in [0, 0.1) is 23.7 Å². The molecule has 4 aliphatic rings. The van der Waals surface area contributed by atoms with Crippen molar-refractivity contribution < 1.29 is 13.2 Å². The van der Waals surface area contributed by atoms with E-state index in [1.54, 1.807) is 0 Å². The molecular weight excluding hydrogens is 203 g/mol. The average molecular weight is 219 g/mol. The van der Waals surface area contributed by atoms with Crippen LogP contribution in [0.4, 0.5) is 13.2 Å². The molecule has 0 heterocycles. The summed E-state index contributed by atoms with van der Waals surface area (Å²) in [4.78, 5) is 0. The summed E-state index contributed by atoms with van der Waals surface area (Å²) in [5.74, 6) is 0.473. The Labute approximate surface area is 87.2 Å². The zero-order valence-electron chi connectivity index (χ0n) is 8.56. The van der Waals surface area contributed by atoms with E-state index in [2.05, 4.69) is 0 Å². The summed E-state index contributed by atoms with van der Waals surface area (Å²) in [6, 6.07) is 0. The van der Waals surface area contributed by atoms with E-state index in [4.69, 9.17) is 5.73 Å². The molecule has 0 spiro atoms. The van der Waals surface area contributed by atoms with Gasteiger partial charge in [0.05, 0.1) is 0 Å². The van der Waals surface area contributed by atoms with Gasteiger partial charge in [0.25, 0.3) is 0 Å². The van der Waals surface area contributed by atoms with Crippen molar-refractivity contribution in [2.45, 2.75) is 43.8 Å². The van der Waals surface area contributed by atoms with Gasteiger partial charge < -0.3 is 5.73 Å². The Hall–Kier alpha value is -0.250. The first-order valence-electron chi connectivity index (χ1n) is 5.77. The van der Waals surface area contributed by atoms with Gasteiger partial charge in [0.2, 0.25) is 0 Å². The molecule has 1 nitrogen and oxygen atoms in total. The van der Waals surface area contributed by atoms with Gasteiger partial charge in [-0.1, -0.05) is 0 Å². The molecule has 4 aliphatic carbocycles. The van der Waals surface area contributed by atoms with Crippen LogP contribution in [0.1, 0.15) is 32.1 Å². The second-order valence-electron chi connectivity index (χ2n) is 5.74. The van der Waals surface area contributed by atoms with Crippen molar-refractivity contribution in [3.8, 4) is 0 Å². The second kappa shape index (κ2) is 2.70. The number of alkyl halides is 3. The van der Waals surface area contributed by atoms with Gasteiger partial charge in [-0.05, 0) is 55.8 Å². The van der Waals surface area contributed by atoms with Crippen LogP contribution in [-0.2, 0) is 0 Å². The van der Waals surface area contributed by atoms with Crippen LogP contribution < -0.4 is 5.73 Å². The van der Waals surface area contributed by atoms with Crippen LogP contribution in [0.25, 0.3) is 0 Å². The van der Waals surface area contributed by atoms with Crippen molar-refractivity contribution in [1.82, 2.24) is 0 Å². The molecule has 4 saturated carbocycles. The zero-order chi connectivity index (χ0) is 10.8. The Morgan fingerprint density at radius 1 is 0.867 bits per heavy atom. The fourth-order valence-corrected chi connectivity index (χ4v) is 4.43. The van der Waals surface area contributed by atoms with E-state index in [-0.39, 0.29) is 11.8 Å². The van der Waals surface area contributed by atoms with Crippen molar-refractivity contribution in [1.29, 1.82) is 0 Å². The molecule has 4 heteroatoms. The minimum absolute atomic E-state index is 0.297. The lowest BCUT2D eigenvalue weighted by Crippen LogP contribution is -2.70. The summed E-state index contributed by atoms with van der Waals surface area (Å²) in [6.45, 7) is 0. The van der Waals surface area contributed by atoms with Gasteiger partial charge in [0.15, 0.2) is 0 Å². The van der Waals surface area contributed by atoms with Gasteiger partial charge in [-0.25, -0.2) is 0 Å². The molecule has 0 unspecified atom stereocenters. The molecule has 86 valence electrons. The minimum atomic E-state index is -4.21. The third-order valence-electron chi connectivity index (χ3n) is 4.98. The Morgan fingerprint density at radius 2 is 1.27 bits per heavy atom. The summed E-state index contributed by atoms with van der Waals surface area (Å²) < 4.78 is 39.2. The highest BCUT2D eigenvalue weighted by Crippen LogP contribution is 2.61. The molecule has 0 aromatic carbocycles. The zero-order valence-corrected chi connectivity index (χ0v) is 8.56. The van der Waals surface area contributed by atoms with E-state index in [0.29, 0.717) is 37.5 Å². The number of halogens is 3. The van der Waals surface area contributed by atoms with Gasteiger partial charge in [0.1, 0.15) is 5.54 Å². The van der Waals surface area contributed by atoms with Crippen molar-refractivity contribution in [3.63, 3.8) is 0 Å². The maximum Gasteiger partial charge on any atom is 0.406 e. The SMILES string of the molecule is NC1(C(F)(F)F)C2CC3CC(C2)CC1C3. The van der Waals surface area contributed by atoms with Crippen LogP contribution in [0.15, 0.2) is 0 Å². The fraction of sp³-hybridized carbons (Fsp3) is 1.00. The third-order valence-corrected chi connectivity index (χ3v) is 4.98. The number of hydrogen-bond donors (Lipinski definition) is 1. The van der Waals surface area contributed by atoms with Crippen molar-refractivity contribution in [3.05, 3.63) is 0 Å². The Bertz CT molecular complexity index is 256. The molecule has 4 fully saturated rings. The number of hydrogen-bond acceptors (Lipinski definition) is 1. The molecule has 15 heavy (non-hydrogen) atoms. The van der Waals surface area contributed by atoms with Crippen molar-refractivity contribution in [2.24, 2.45) is 29.4 Å².